The zero-order valence-corrected chi connectivity index (χ0v) is 21.4. The van der Waals surface area contributed by atoms with Crippen LogP contribution < -0.4 is 16.4 Å². The smallest absolute Gasteiger partial charge is 0.270 e. The summed E-state index contributed by atoms with van der Waals surface area (Å²) < 4.78 is 6.39. The van der Waals surface area contributed by atoms with Crippen LogP contribution in [-0.2, 0) is 20.9 Å². The molecule has 34 heavy (non-hydrogen) atoms. The number of nitrogens with one attached hydrogen (secondary N) is 2. The van der Waals surface area contributed by atoms with Gasteiger partial charge in [0.05, 0.1) is 28.5 Å². The third-order valence-corrected chi connectivity index (χ3v) is 7.60. The Morgan fingerprint density at radius 2 is 2.09 bits per heavy atom. The number of thiazole rings is 1. The van der Waals surface area contributed by atoms with E-state index >= 15 is 0 Å². The highest BCUT2D eigenvalue weighted by Crippen LogP contribution is 2.24. The van der Waals surface area contributed by atoms with E-state index in [0.717, 1.165) is 18.7 Å². The average Bonchev–Trinajstić information content (AvgIpc) is 3.28. The van der Waals surface area contributed by atoms with Crippen LogP contribution in [0.15, 0.2) is 27.9 Å². The zero-order chi connectivity index (χ0) is 24.5. The van der Waals surface area contributed by atoms with Crippen LogP contribution in [0.3, 0.4) is 0 Å². The van der Waals surface area contributed by atoms with Crippen molar-refractivity contribution in [3.8, 4) is 0 Å². The zero-order valence-electron chi connectivity index (χ0n) is 18.2. The van der Waals surface area contributed by atoms with Gasteiger partial charge in [-0.1, -0.05) is 41.0 Å². The number of rotatable bonds is 11. The molecule has 3 amide bonds. The van der Waals surface area contributed by atoms with Crippen LogP contribution in [0.2, 0.25) is 10.0 Å². The molecule has 0 saturated carbocycles. The summed E-state index contributed by atoms with van der Waals surface area (Å²) in [5.41, 5.74) is 6.36. The van der Waals surface area contributed by atoms with Crippen LogP contribution in [0, 0.1) is 0 Å². The summed E-state index contributed by atoms with van der Waals surface area (Å²) in [5.74, 6) is -0.833. The molecular formula is C21H25Cl2N5O4S2. The van der Waals surface area contributed by atoms with Crippen LogP contribution in [0.5, 0.6) is 0 Å². The van der Waals surface area contributed by atoms with E-state index in [-0.39, 0.29) is 42.3 Å². The van der Waals surface area contributed by atoms with Gasteiger partial charge < -0.3 is 21.1 Å². The highest BCUT2D eigenvalue weighted by Gasteiger charge is 2.21. The van der Waals surface area contributed by atoms with Crippen LogP contribution in [0.25, 0.3) is 0 Å². The molecule has 184 valence electrons. The summed E-state index contributed by atoms with van der Waals surface area (Å²) in [6, 6.07) is 5.60. The first kappa shape index (κ1) is 26.7. The lowest BCUT2D eigenvalue weighted by Crippen LogP contribution is -2.47. The summed E-state index contributed by atoms with van der Waals surface area (Å²) in [6.07, 6.45) is -0.0451. The molecule has 0 bridgehead atoms. The number of benzene rings is 1. The molecule has 13 heteroatoms. The Kier molecular flexibility index (Phi) is 10.4. The second kappa shape index (κ2) is 13.3. The first-order valence-corrected chi connectivity index (χ1v) is 13.1. The maximum Gasteiger partial charge on any atom is 0.270 e. The van der Waals surface area contributed by atoms with Crippen molar-refractivity contribution in [2.45, 2.75) is 23.4 Å². The van der Waals surface area contributed by atoms with E-state index in [2.05, 4.69) is 20.5 Å². The molecule has 0 aliphatic carbocycles. The number of carbonyl (C=O) groups excluding carboxylic acids is 3. The number of aromatic nitrogens is 1. The van der Waals surface area contributed by atoms with Crippen molar-refractivity contribution >= 4 is 64.0 Å². The number of ether oxygens (including phenoxy) is 1. The van der Waals surface area contributed by atoms with Crippen molar-refractivity contribution in [1.29, 1.82) is 0 Å². The molecule has 2 heterocycles. The molecular weight excluding hydrogens is 521 g/mol. The lowest BCUT2D eigenvalue weighted by molar-refractivity contribution is -0.120. The minimum absolute atomic E-state index is 0.0651. The number of thioether (sulfide) groups is 1. The highest BCUT2D eigenvalue weighted by molar-refractivity contribution is 8.01. The van der Waals surface area contributed by atoms with Crippen molar-refractivity contribution < 1.29 is 19.1 Å². The third-order valence-electron chi connectivity index (χ3n) is 4.84. The fourth-order valence-electron chi connectivity index (χ4n) is 3.17. The first-order chi connectivity index (χ1) is 16.3. The summed E-state index contributed by atoms with van der Waals surface area (Å²) >= 11 is 14.6. The maximum atomic E-state index is 12.3. The van der Waals surface area contributed by atoms with Gasteiger partial charge >= 0.3 is 0 Å². The van der Waals surface area contributed by atoms with Crippen molar-refractivity contribution in [3.63, 3.8) is 0 Å². The molecule has 3 rings (SSSR count). The van der Waals surface area contributed by atoms with E-state index in [4.69, 9.17) is 33.7 Å². The third kappa shape index (κ3) is 8.71. The van der Waals surface area contributed by atoms with Gasteiger partial charge in [-0.15, -0.1) is 11.3 Å². The number of amides is 3. The minimum Gasteiger partial charge on any atom is -0.374 e. The highest BCUT2D eigenvalue weighted by atomic mass is 35.5. The van der Waals surface area contributed by atoms with Crippen molar-refractivity contribution in [3.05, 3.63) is 44.9 Å². The number of nitrogens with zero attached hydrogens (tertiary/aromatic N) is 2. The Bertz CT molecular complexity index is 1020. The Morgan fingerprint density at radius 3 is 2.85 bits per heavy atom. The molecule has 1 unspecified atom stereocenters. The second-order valence-corrected chi connectivity index (χ2v) is 10.4. The SMILES string of the molecule is NC(=O)CCNC(=O)c1csc(SCC(=O)NCC2CN(Cc3ccc(Cl)c(Cl)c3)CCO2)n1. The Labute approximate surface area is 215 Å². The standard InChI is InChI=1S/C21H25Cl2N5O4S2/c22-15-2-1-13(7-16(15)23)9-28-5-6-32-14(10-28)8-26-19(30)12-34-21-27-17(11-33-21)20(31)25-4-3-18(24)29/h1-2,7,11,14H,3-6,8-10,12H2,(H2,24,29)(H,25,31)(H,26,30). The summed E-state index contributed by atoms with van der Waals surface area (Å²) in [7, 11) is 0. The average molecular weight is 547 g/mol. The van der Waals surface area contributed by atoms with E-state index in [1.807, 2.05) is 12.1 Å². The number of primary amides is 1. The quantitative estimate of drug-likeness (QED) is 0.369. The van der Waals surface area contributed by atoms with Crippen LogP contribution in [0.4, 0.5) is 0 Å². The summed E-state index contributed by atoms with van der Waals surface area (Å²) in [4.78, 5) is 41.5. The minimum atomic E-state index is -0.487. The molecule has 1 aliphatic rings. The van der Waals surface area contributed by atoms with Crippen LogP contribution in [-0.4, -0.2) is 72.2 Å². The topological polar surface area (TPSA) is 127 Å². The molecule has 0 radical (unpaired) electrons. The van der Waals surface area contributed by atoms with Gasteiger partial charge in [-0.2, -0.15) is 0 Å². The van der Waals surface area contributed by atoms with Gasteiger partial charge in [-0.3, -0.25) is 19.3 Å². The van der Waals surface area contributed by atoms with Crippen molar-refractivity contribution in [2.24, 2.45) is 5.73 Å². The Morgan fingerprint density at radius 1 is 1.26 bits per heavy atom. The van der Waals surface area contributed by atoms with Crippen molar-refractivity contribution in [1.82, 2.24) is 20.5 Å². The Balaban J connectivity index is 1.37. The maximum absolute atomic E-state index is 12.3. The van der Waals surface area contributed by atoms with Gasteiger partial charge in [-0.05, 0) is 17.7 Å². The molecule has 4 N–H and O–H groups in total. The monoisotopic (exact) mass is 545 g/mol. The van der Waals surface area contributed by atoms with Crippen molar-refractivity contribution in [2.75, 3.05) is 38.5 Å². The molecule has 1 aliphatic heterocycles. The predicted octanol–water partition coefficient (Wildman–Crippen LogP) is 2.16. The molecule has 0 spiro atoms. The molecule has 1 atom stereocenters. The van der Waals surface area contributed by atoms with E-state index in [0.29, 0.717) is 34.1 Å². The largest absolute Gasteiger partial charge is 0.374 e. The normalized spacial score (nSPS) is 16.2. The van der Waals surface area contributed by atoms with E-state index in [9.17, 15) is 14.4 Å². The number of hydrogen-bond donors (Lipinski definition) is 3. The van der Waals surface area contributed by atoms with E-state index in [1.165, 1.54) is 23.1 Å². The van der Waals surface area contributed by atoms with Gasteiger partial charge in [0.25, 0.3) is 5.91 Å². The van der Waals surface area contributed by atoms with Crippen LogP contribution in [0.1, 0.15) is 22.5 Å². The number of hydrogen-bond acceptors (Lipinski definition) is 8. The second-order valence-electron chi connectivity index (χ2n) is 7.54. The predicted molar refractivity (Wildman–Crippen MR) is 133 cm³/mol. The van der Waals surface area contributed by atoms with Gasteiger partial charge in [0.15, 0.2) is 4.34 Å². The van der Waals surface area contributed by atoms with E-state index in [1.54, 1.807) is 11.4 Å². The molecule has 1 aromatic heterocycles. The molecule has 1 aromatic carbocycles. The van der Waals surface area contributed by atoms with Gasteiger partial charge in [-0.25, -0.2) is 4.98 Å². The van der Waals surface area contributed by atoms with Gasteiger partial charge in [0.1, 0.15) is 5.69 Å². The Hall–Kier alpha value is -1.89. The molecule has 1 fully saturated rings. The van der Waals surface area contributed by atoms with Gasteiger partial charge in [0, 0.05) is 44.5 Å². The number of halogens is 2. The van der Waals surface area contributed by atoms with E-state index < -0.39 is 5.91 Å². The van der Waals surface area contributed by atoms with Gasteiger partial charge in [0.2, 0.25) is 11.8 Å². The fourth-order valence-corrected chi connectivity index (χ4v) is 5.12. The number of carbonyl (C=O) groups is 3. The summed E-state index contributed by atoms with van der Waals surface area (Å²) in [5, 5.41) is 8.14. The molecule has 2 aromatic rings. The lowest BCUT2D eigenvalue weighted by atomic mass is 10.2. The molecule has 1 saturated heterocycles. The summed E-state index contributed by atoms with van der Waals surface area (Å²) in [6.45, 7) is 3.35. The first-order valence-electron chi connectivity index (χ1n) is 10.5. The fraction of sp³-hybridized carbons (Fsp3) is 0.429. The lowest BCUT2D eigenvalue weighted by Gasteiger charge is -2.33. The number of morpholine rings is 1. The van der Waals surface area contributed by atoms with Crippen LogP contribution >= 0.6 is 46.3 Å². The molecule has 9 nitrogen and oxygen atoms in total. The number of nitrogens with two attached hydrogens (primary N) is 1.